The maximum atomic E-state index is 12.7. The molecule has 1 atom stereocenters. The molecule has 1 aliphatic heterocycles. The molecule has 3 amide bonds. The molecule has 2 heterocycles. The van der Waals surface area contributed by atoms with Crippen molar-refractivity contribution in [1.29, 1.82) is 0 Å². The number of rotatable bonds is 6. The molecule has 3 aromatic rings. The van der Waals surface area contributed by atoms with Crippen LogP contribution in [-0.4, -0.2) is 35.2 Å². The van der Waals surface area contributed by atoms with E-state index in [1.54, 1.807) is 17.0 Å². The lowest BCUT2D eigenvalue weighted by atomic mass is 10.1. The second-order valence-electron chi connectivity index (χ2n) is 8.94. The van der Waals surface area contributed by atoms with Gasteiger partial charge in [0.15, 0.2) is 0 Å². The van der Waals surface area contributed by atoms with E-state index < -0.39 is 0 Å². The van der Waals surface area contributed by atoms with Crippen molar-refractivity contribution < 1.29 is 14.1 Å². The molecular weight excluding hydrogens is 418 g/mol. The molecule has 33 heavy (non-hydrogen) atoms. The predicted molar refractivity (Wildman–Crippen MR) is 127 cm³/mol. The van der Waals surface area contributed by atoms with Crippen molar-refractivity contribution in [1.82, 2.24) is 15.5 Å². The molecule has 4 rings (SSSR count). The first-order chi connectivity index (χ1) is 15.8. The van der Waals surface area contributed by atoms with E-state index in [1.807, 2.05) is 51.1 Å². The minimum absolute atomic E-state index is 0.0432. The fourth-order valence-electron chi connectivity index (χ4n) is 3.74. The predicted octanol–water partition coefficient (Wildman–Crippen LogP) is 4.65. The summed E-state index contributed by atoms with van der Waals surface area (Å²) >= 11 is 0. The quantitative estimate of drug-likeness (QED) is 0.573. The highest BCUT2D eigenvalue weighted by Gasteiger charge is 2.35. The first kappa shape index (κ1) is 22.5. The van der Waals surface area contributed by atoms with Gasteiger partial charge in [0.1, 0.15) is 0 Å². The fraction of sp³-hybridized carbons (Fsp3) is 0.360. The third-order valence-electron chi connectivity index (χ3n) is 5.77. The molecule has 0 radical (unpaired) electrons. The van der Waals surface area contributed by atoms with Gasteiger partial charge >= 0.3 is 6.03 Å². The Morgan fingerprint density at radius 2 is 2.00 bits per heavy atom. The number of hydrogen-bond acceptors (Lipinski definition) is 5. The van der Waals surface area contributed by atoms with E-state index in [9.17, 15) is 9.59 Å². The molecule has 0 aliphatic carbocycles. The van der Waals surface area contributed by atoms with Crippen LogP contribution in [0.25, 0.3) is 11.4 Å². The highest BCUT2D eigenvalue weighted by Crippen LogP contribution is 2.33. The van der Waals surface area contributed by atoms with Crippen LogP contribution in [0.15, 0.2) is 47.0 Å². The summed E-state index contributed by atoms with van der Waals surface area (Å²) in [6.45, 7) is 9.26. The molecule has 0 spiro atoms. The smallest absolute Gasteiger partial charge is 0.319 e. The van der Waals surface area contributed by atoms with Crippen molar-refractivity contribution in [3.8, 4) is 11.4 Å². The summed E-state index contributed by atoms with van der Waals surface area (Å²) in [5.41, 5.74) is 4.59. The van der Waals surface area contributed by atoms with Crippen molar-refractivity contribution in [2.75, 3.05) is 23.3 Å². The lowest BCUT2D eigenvalue weighted by Gasteiger charge is -2.17. The van der Waals surface area contributed by atoms with Gasteiger partial charge in [0.2, 0.25) is 17.6 Å². The second kappa shape index (κ2) is 9.44. The Kier molecular flexibility index (Phi) is 6.44. The van der Waals surface area contributed by atoms with Crippen LogP contribution < -0.4 is 15.5 Å². The van der Waals surface area contributed by atoms with Gasteiger partial charge in [0, 0.05) is 36.4 Å². The van der Waals surface area contributed by atoms with Gasteiger partial charge in [-0.25, -0.2) is 4.79 Å². The first-order valence-electron chi connectivity index (χ1n) is 11.2. The summed E-state index contributed by atoms with van der Waals surface area (Å²) in [5.74, 6) is 1.12. The average Bonchev–Trinajstić information content (AvgIpc) is 3.41. The van der Waals surface area contributed by atoms with E-state index in [2.05, 4.69) is 27.7 Å². The van der Waals surface area contributed by atoms with Gasteiger partial charge in [-0.2, -0.15) is 4.98 Å². The van der Waals surface area contributed by atoms with Crippen LogP contribution in [0.4, 0.5) is 16.2 Å². The summed E-state index contributed by atoms with van der Waals surface area (Å²) in [5, 5.41) is 9.76. The zero-order valence-corrected chi connectivity index (χ0v) is 19.4. The first-order valence-corrected chi connectivity index (χ1v) is 11.2. The summed E-state index contributed by atoms with van der Waals surface area (Å²) in [6.07, 6.45) is 0.326. The average molecular weight is 448 g/mol. The van der Waals surface area contributed by atoms with Gasteiger partial charge in [-0.1, -0.05) is 37.2 Å². The largest absolute Gasteiger partial charge is 0.339 e. The van der Waals surface area contributed by atoms with E-state index in [1.165, 1.54) is 5.56 Å². The van der Waals surface area contributed by atoms with Crippen LogP contribution in [0, 0.1) is 19.8 Å². The zero-order chi connectivity index (χ0) is 23.5. The minimum Gasteiger partial charge on any atom is -0.339 e. The Morgan fingerprint density at radius 1 is 1.18 bits per heavy atom. The van der Waals surface area contributed by atoms with Crippen LogP contribution in [-0.2, 0) is 4.79 Å². The summed E-state index contributed by atoms with van der Waals surface area (Å²) in [6, 6.07) is 13.0. The maximum absolute atomic E-state index is 12.7. The van der Waals surface area contributed by atoms with Crippen LogP contribution in [0.5, 0.6) is 0 Å². The molecule has 1 aliphatic rings. The number of carbonyl (C=O) groups is 2. The molecule has 2 N–H and O–H groups in total. The van der Waals surface area contributed by atoms with Crippen molar-refractivity contribution in [2.45, 2.75) is 40.0 Å². The molecule has 8 nitrogen and oxygen atoms in total. The number of urea groups is 1. The Bertz CT molecular complexity index is 1170. The number of hydrogen-bond donors (Lipinski definition) is 2. The summed E-state index contributed by atoms with van der Waals surface area (Å²) < 4.78 is 5.52. The zero-order valence-electron chi connectivity index (χ0n) is 19.4. The number of benzene rings is 2. The van der Waals surface area contributed by atoms with Gasteiger partial charge < -0.3 is 20.1 Å². The molecule has 1 aromatic heterocycles. The fourth-order valence-corrected chi connectivity index (χ4v) is 3.74. The van der Waals surface area contributed by atoms with Crippen LogP contribution in [0.1, 0.15) is 43.2 Å². The molecule has 172 valence electrons. The molecule has 1 saturated heterocycles. The van der Waals surface area contributed by atoms with Gasteiger partial charge in [-0.15, -0.1) is 0 Å². The monoisotopic (exact) mass is 447 g/mol. The van der Waals surface area contributed by atoms with Crippen molar-refractivity contribution in [2.24, 2.45) is 5.92 Å². The molecule has 1 unspecified atom stereocenters. The van der Waals surface area contributed by atoms with Gasteiger partial charge in [0.05, 0.1) is 5.92 Å². The molecule has 0 saturated carbocycles. The normalized spacial score (nSPS) is 15.8. The third kappa shape index (κ3) is 5.22. The Morgan fingerprint density at radius 3 is 2.76 bits per heavy atom. The molecule has 8 heteroatoms. The number of aromatic nitrogens is 2. The van der Waals surface area contributed by atoms with E-state index in [4.69, 9.17) is 4.52 Å². The summed E-state index contributed by atoms with van der Waals surface area (Å²) in [4.78, 5) is 31.0. The SMILES string of the molecule is Cc1ccc(N2CC(c3nc(-c4cccc(NC(=O)NCC(C)C)c4)no3)CC2=O)cc1C. The maximum Gasteiger partial charge on any atom is 0.319 e. The molecule has 2 aromatic carbocycles. The number of anilines is 2. The molecular formula is C25H29N5O3. The number of amides is 3. The number of carbonyl (C=O) groups excluding carboxylic acids is 2. The third-order valence-corrected chi connectivity index (χ3v) is 5.77. The highest BCUT2D eigenvalue weighted by atomic mass is 16.5. The number of nitrogens with zero attached hydrogens (tertiary/aromatic N) is 3. The second-order valence-corrected chi connectivity index (χ2v) is 8.94. The van der Waals surface area contributed by atoms with Crippen molar-refractivity contribution in [3.63, 3.8) is 0 Å². The van der Waals surface area contributed by atoms with Crippen LogP contribution >= 0.6 is 0 Å². The number of aryl methyl sites for hydroxylation is 2. The van der Waals surface area contributed by atoms with Crippen molar-refractivity contribution >= 4 is 23.3 Å². The number of nitrogens with one attached hydrogen (secondary N) is 2. The highest BCUT2D eigenvalue weighted by molar-refractivity contribution is 5.96. The molecule has 1 fully saturated rings. The van der Waals surface area contributed by atoms with E-state index >= 15 is 0 Å². The lowest BCUT2D eigenvalue weighted by molar-refractivity contribution is -0.117. The Labute approximate surface area is 193 Å². The van der Waals surface area contributed by atoms with Crippen LogP contribution in [0.2, 0.25) is 0 Å². The van der Waals surface area contributed by atoms with Gasteiger partial charge in [-0.3, -0.25) is 4.79 Å². The standard InChI is InChI=1S/C25H29N5O3/c1-15(2)13-26-25(32)27-20-7-5-6-18(11-20)23-28-24(33-29-23)19-12-22(31)30(14-19)21-9-8-16(3)17(4)10-21/h5-11,15,19H,12-14H2,1-4H3,(H2,26,27,32). The van der Waals surface area contributed by atoms with Gasteiger partial charge in [-0.05, 0) is 55.2 Å². The van der Waals surface area contributed by atoms with Crippen molar-refractivity contribution in [3.05, 3.63) is 59.5 Å². The minimum atomic E-state index is -0.259. The van der Waals surface area contributed by atoms with Crippen LogP contribution in [0.3, 0.4) is 0 Å². The molecule has 0 bridgehead atoms. The van der Waals surface area contributed by atoms with Gasteiger partial charge in [0.25, 0.3) is 0 Å². The summed E-state index contributed by atoms with van der Waals surface area (Å²) in [7, 11) is 0. The lowest BCUT2D eigenvalue weighted by Crippen LogP contribution is -2.31. The Hall–Kier alpha value is -3.68. The topological polar surface area (TPSA) is 100 Å². The van der Waals surface area contributed by atoms with E-state index in [0.29, 0.717) is 42.8 Å². The van der Waals surface area contributed by atoms with E-state index in [0.717, 1.165) is 16.8 Å². The van der Waals surface area contributed by atoms with E-state index in [-0.39, 0.29) is 17.9 Å². The Balaban J connectivity index is 1.45.